The van der Waals surface area contributed by atoms with E-state index in [9.17, 15) is 4.79 Å². The van der Waals surface area contributed by atoms with E-state index in [0.29, 0.717) is 24.6 Å². The highest BCUT2D eigenvalue weighted by molar-refractivity contribution is 5.92. The van der Waals surface area contributed by atoms with Crippen LogP contribution in [-0.4, -0.2) is 34.6 Å². The van der Waals surface area contributed by atoms with E-state index >= 15 is 0 Å². The van der Waals surface area contributed by atoms with Crippen LogP contribution in [0, 0.1) is 0 Å². The minimum atomic E-state index is -0.217. The van der Waals surface area contributed by atoms with E-state index in [1.165, 1.54) is 0 Å². The zero-order valence-electron chi connectivity index (χ0n) is 18.4. The molecule has 3 heterocycles. The first kappa shape index (κ1) is 21.0. The lowest BCUT2D eigenvalue weighted by atomic mass is 10.0. The molecule has 1 amide bonds. The first-order valence-corrected chi connectivity index (χ1v) is 11.1. The molecule has 2 aromatic heterocycles. The molecule has 33 heavy (non-hydrogen) atoms. The molecule has 4 aromatic rings. The number of carbonyl (C=O) groups is 1. The van der Waals surface area contributed by atoms with Crippen LogP contribution in [0.4, 0.5) is 0 Å². The Morgan fingerprint density at radius 3 is 2.73 bits per heavy atom. The van der Waals surface area contributed by atoms with Crippen LogP contribution in [0.15, 0.2) is 75.8 Å². The highest BCUT2D eigenvalue weighted by atomic mass is 16.5. The molecule has 0 aliphatic carbocycles. The van der Waals surface area contributed by atoms with Crippen LogP contribution in [0.25, 0.3) is 11.3 Å². The van der Waals surface area contributed by atoms with Crippen LogP contribution in [-0.2, 0) is 6.42 Å². The Morgan fingerprint density at radius 1 is 1.12 bits per heavy atom. The summed E-state index contributed by atoms with van der Waals surface area (Å²) in [4.78, 5) is 19.6. The summed E-state index contributed by atoms with van der Waals surface area (Å²) in [5.74, 6) is 2.13. The summed E-state index contributed by atoms with van der Waals surface area (Å²) in [7, 11) is 1.62. The van der Waals surface area contributed by atoms with Gasteiger partial charge in [0.1, 0.15) is 23.2 Å². The number of likely N-dealkylation sites (tertiary alicyclic amines) is 1. The number of rotatable bonds is 6. The monoisotopic (exact) mass is 443 g/mol. The van der Waals surface area contributed by atoms with Gasteiger partial charge in [-0.25, -0.2) is 4.98 Å². The predicted octanol–water partition coefficient (Wildman–Crippen LogP) is 5.30. The molecule has 168 valence electrons. The van der Waals surface area contributed by atoms with Crippen LogP contribution in [0.5, 0.6) is 5.75 Å². The van der Waals surface area contributed by atoms with Crippen molar-refractivity contribution in [3.63, 3.8) is 0 Å². The third-order valence-electron chi connectivity index (χ3n) is 5.95. The average Bonchev–Trinajstić information content (AvgIpc) is 3.55. The van der Waals surface area contributed by atoms with Crippen LogP contribution >= 0.6 is 0 Å². The van der Waals surface area contributed by atoms with Crippen LogP contribution < -0.4 is 4.74 Å². The summed E-state index contributed by atoms with van der Waals surface area (Å²) < 4.78 is 16.7. The number of aromatic nitrogens is 2. The average molecular weight is 444 g/mol. The molecule has 1 unspecified atom stereocenters. The second-order valence-electron chi connectivity index (χ2n) is 8.14. The SMILES string of the molecule is COc1ccc(-c2cc(C(=O)N3CCCCC3c3ncc(Cc4ccccc4)o3)on2)cc1. The van der Waals surface area contributed by atoms with Crippen LogP contribution in [0.3, 0.4) is 0 Å². The molecule has 1 fully saturated rings. The number of oxazole rings is 1. The van der Waals surface area contributed by atoms with Crippen molar-refractivity contribution in [1.29, 1.82) is 0 Å². The number of amides is 1. The van der Waals surface area contributed by atoms with Crippen LogP contribution in [0.1, 0.15) is 53.1 Å². The molecule has 0 N–H and O–H groups in total. The zero-order valence-corrected chi connectivity index (χ0v) is 18.4. The first-order chi connectivity index (χ1) is 16.2. The molecule has 0 saturated carbocycles. The van der Waals surface area contributed by atoms with Gasteiger partial charge in [0.25, 0.3) is 5.91 Å². The zero-order chi connectivity index (χ0) is 22.6. The molecule has 0 radical (unpaired) electrons. The number of methoxy groups -OCH3 is 1. The summed E-state index contributed by atoms with van der Waals surface area (Å²) in [6.07, 6.45) is 5.17. The van der Waals surface area contributed by atoms with Crippen molar-refractivity contribution in [2.24, 2.45) is 0 Å². The Labute approximate surface area is 192 Å². The molecule has 5 rings (SSSR count). The first-order valence-electron chi connectivity index (χ1n) is 11.1. The standard InChI is InChI=1S/C26H25N3O4/c1-31-20-12-10-19(11-13-20)22-16-24(33-28-22)26(30)29-14-6-5-9-23(29)25-27-17-21(32-25)15-18-7-3-2-4-8-18/h2-4,7-8,10-13,16-17,23H,5-6,9,14-15H2,1H3. The lowest BCUT2D eigenvalue weighted by Gasteiger charge is -2.32. The number of hydrogen-bond acceptors (Lipinski definition) is 6. The number of ether oxygens (including phenoxy) is 1. The minimum absolute atomic E-state index is 0.199. The van der Waals surface area contributed by atoms with Crippen molar-refractivity contribution in [3.8, 4) is 17.0 Å². The molecule has 7 heteroatoms. The summed E-state index contributed by atoms with van der Waals surface area (Å²) >= 11 is 0. The third kappa shape index (κ3) is 4.53. The van der Waals surface area contributed by atoms with E-state index in [1.54, 1.807) is 24.3 Å². The molecule has 0 bridgehead atoms. The normalized spacial score (nSPS) is 16.0. The van der Waals surface area contributed by atoms with E-state index in [0.717, 1.165) is 41.9 Å². The van der Waals surface area contributed by atoms with Gasteiger partial charge in [-0.15, -0.1) is 0 Å². The molecule has 2 aromatic carbocycles. The molecule has 0 spiro atoms. The maximum absolute atomic E-state index is 13.3. The minimum Gasteiger partial charge on any atom is -0.497 e. The second-order valence-corrected chi connectivity index (χ2v) is 8.14. The maximum atomic E-state index is 13.3. The Balaban J connectivity index is 1.33. The Hall–Kier alpha value is -3.87. The Bertz CT molecular complexity index is 1210. The quantitative estimate of drug-likeness (QED) is 0.402. The molecular weight excluding hydrogens is 418 g/mol. The van der Waals surface area contributed by atoms with Gasteiger partial charge in [0.15, 0.2) is 0 Å². The fourth-order valence-corrected chi connectivity index (χ4v) is 4.20. The van der Waals surface area contributed by atoms with E-state index in [1.807, 2.05) is 42.5 Å². The van der Waals surface area contributed by atoms with Gasteiger partial charge in [-0.05, 0) is 49.1 Å². The van der Waals surface area contributed by atoms with Crippen molar-refractivity contribution in [3.05, 3.63) is 89.8 Å². The van der Waals surface area contributed by atoms with Gasteiger partial charge in [0.2, 0.25) is 11.7 Å². The van der Waals surface area contributed by atoms with Gasteiger partial charge in [-0.1, -0.05) is 35.5 Å². The molecular formula is C26H25N3O4. The van der Waals surface area contributed by atoms with Crippen LogP contribution in [0.2, 0.25) is 0 Å². The molecule has 1 saturated heterocycles. The van der Waals surface area contributed by atoms with Gasteiger partial charge >= 0.3 is 0 Å². The summed E-state index contributed by atoms with van der Waals surface area (Å²) in [5.41, 5.74) is 2.62. The van der Waals surface area contributed by atoms with E-state index in [-0.39, 0.29) is 17.7 Å². The highest BCUT2D eigenvalue weighted by Crippen LogP contribution is 2.33. The number of carbonyl (C=O) groups excluding carboxylic acids is 1. The fraction of sp³-hybridized carbons (Fsp3) is 0.269. The van der Waals surface area contributed by atoms with E-state index < -0.39 is 0 Å². The molecule has 1 aliphatic heterocycles. The van der Waals surface area contributed by atoms with Gasteiger partial charge in [0, 0.05) is 24.6 Å². The predicted molar refractivity (Wildman–Crippen MR) is 122 cm³/mol. The maximum Gasteiger partial charge on any atom is 0.293 e. The van der Waals surface area contributed by atoms with Crippen molar-refractivity contribution < 1.29 is 18.5 Å². The van der Waals surface area contributed by atoms with Gasteiger partial charge in [-0.2, -0.15) is 0 Å². The third-order valence-corrected chi connectivity index (χ3v) is 5.95. The van der Waals surface area contributed by atoms with Gasteiger partial charge in [0.05, 0.1) is 13.3 Å². The second kappa shape index (κ2) is 9.32. The number of nitrogens with zero attached hydrogens (tertiary/aromatic N) is 3. The fourth-order valence-electron chi connectivity index (χ4n) is 4.20. The number of hydrogen-bond donors (Lipinski definition) is 0. The highest BCUT2D eigenvalue weighted by Gasteiger charge is 2.33. The topological polar surface area (TPSA) is 81.6 Å². The lowest BCUT2D eigenvalue weighted by Crippen LogP contribution is -2.38. The summed E-state index contributed by atoms with van der Waals surface area (Å²) in [6.45, 7) is 0.623. The summed E-state index contributed by atoms with van der Waals surface area (Å²) in [5, 5.41) is 4.10. The van der Waals surface area contributed by atoms with Crippen molar-refractivity contribution in [2.45, 2.75) is 31.7 Å². The van der Waals surface area contributed by atoms with E-state index in [4.69, 9.17) is 13.7 Å². The van der Waals surface area contributed by atoms with Crippen molar-refractivity contribution in [2.75, 3.05) is 13.7 Å². The molecule has 1 atom stereocenters. The van der Waals surface area contributed by atoms with Crippen molar-refractivity contribution in [1.82, 2.24) is 15.0 Å². The van der Waals surface area contributed by atoms with Gasteiger partial charge in [-0.3, -0.25) is 4.79 Å². The molecule has 1 aliphatic rings. The molecule has 7 nitrogen and oxygen atoms in total. The Morgan fingerprint density at radius 2 is 1.94 bits per heavy atom. The van der Waals surface area contributed by atoms with E-state index in [2.05, 4.69) is 22.3 Å². The lowest BCUT2D eigenvalue weighted by molar-refractivity contribution is 0.0528. The number of piperidine rings is 1. The van der Waals surface area contributed by atoms with Gasteiger partial charge < -0.3 is 18.6 Å². The van der Waals surface area contributed by atoms with Crippen molar-refractivity contribution >= 4 is 5.91 Å². The smallest absolute Gasteiger partial charge is 0.293 e. The number of benzene rings is 2. The largest absolute Gasteiger partial charge is 0.497 e. The summed E-state index contributed by atoms with van der Waals surface area (Å²) in [6, 6.07) is 19.1. The Kier molecular flexibility index (Phi) is 5.93.